The summed E-state index contributed by atoms with van der Waals surface area (Å²) in [7, 11) is 3.75. The van der Waals surface area contributed by atoms with Crippen molar-refractivity contribution in [3.05, 3.63) is 28.2 Å². The fraction of sp³-hybridized carbons (Fsp3) is 0.538. The minimum Gasteiger partial charge on any atom is -0.496 e. The molecule has 102 valence electrons. The van der Waals surface area contributed by atoms with E-state index in [9.17, 15) is 0 Å². The van der Waals surface area contributed by atoms with Crippen molar-refractivity contribution < 1.29 is 4.74 Å². The minimum atomic E-state index is 0.0411. The van der Waals surface area contributed by atoms with Crippen LogP contribution in [-0.2, 0) is 6.42 Å². The molecule has 0 fully saturated rings. The Bertz CT molecular complexity index is 373. The molecule has 1 unspecified atom stereocenters. The lowest BCUT2D eigenvalue weighted by molar-refractivity contribution is 0.314. The van der Waals surface area contributed by atoms with E-state index < -0.39 is 0 Å². The van der Waals surface area contributed by atoms with Gasteiger partial charge in [-0.3, -0.25) is 0 Å². The van der Waals surface area contributed by atoms with Crippen molar-refractivity contribution >= 4 is 15.9 Å². The summed E-state index contributed by atoms with van der Waals surface area (Å²) in [5, 5.41) is 0. The van der Waals surface area contributed by atoms with Crippen molar-refractivity contribution in [2.75, 3.05) is 33.8 Å². The van der Waals surface area contributed by atoms with E-state index in [1.54, 1.807) is 7.11 Å². The summed E-state index contributed by atoms with van der Waals surface area (Å²) in [6.45, 7) is 2.26. The van der Waals surface area contributed by atoms with Crippen molar-refractivity contribution in [1.82, 2.24) is 4.90 Å². The van der Waals surface area contributed by atoms with Gasteiger partial charge in [0.2, 0.25) is 0 Å². The number of hydrogen-bond acceptors (Lipinski definition) is 4. The van der Waals surface area contributed by atoms with Crippen LogP contribution in [0.15, 0.2) is 22.7 Å². The lowest BCUT2D eigenvalue weighted by Crippen LogP contribution is -2.41. The summed E-state index contributed by atoms with van der Waals surface area (Å²) < 4.78 is 6.42. The van der Waals surface area contributed by atoms with Gasteiger partial charge in [-0.15, -0.1) is 0 Å². The van der Waals surface area contributed by atoms with Crippen LogP contribution in [0.1, 0.15) is 5.56 Å². The quantitative estimate of drug-likeness (QED) is 0.794. The molecule has 0 aliphatic heterocycles. The van der Waals surface area contributed by atoms with E-state index in [1.807, 2.05) is 12.1 Å². The first-order valence-corrected chi connectivity index (χ1v) is 6.82. The summed E-state index contributed by atoms with van der Waals surface area (Å²) in [5.41, 5.74) is 12.5. The van der Waals surface area contributed by atoms with E-state index in [0.29, 0.717) is 6.54 Å². The Hall–Kier alpha value is -0.620. The number of ether oxygens (including phenoxy) is 1. The van der Waals surface area contributed by atoms with Gasteiger partial charge < -0.3 is 21.1 Å². The molecule has 1 rings (SSSR count). The maximum atomic E-state index is 5.82. The highest BCUT2D eigenvalue weighted by molar-refractivity contribution is 9.10. The second-order valence-electron chi connectivity index (χ2n) is 4.46. The number of likely N-dealkylation sites (N-methyl/N-ethyl adjacent to an activating group) is 1. The predicted octanol–water partition coefficient (Wildman–Crippen LogP) is 1.22. The Balaban J connectivity index is 2.54. The molecule has 0 spiro atoms. The molecule has 1 atom stereocenters. The molecule has 0 saturated heterocycles. The lowest BCUT2D eigenvalue weighted by atomic mass is 10.1. The summed E-state index contributed by atoms with van der Waals surface area (Å²) in [5.74, 6) is 0.926. The molecule has 0 aromatic heterocycles. The first kappa shape index (κ1) is 15.4. The lowest BCUT2D eigenvalue weighted by Gasteiger charge is -2.20. The Morgan fingerprint density at radius 2 is 2.17 bits per heavy atom. The molecule has 0 aliphatic carbocycles. The largest absolute Gasteiger partial charge is 0.496 e. The van der Waals surface area contributed by atoms with Crippen LogP contribution in [0.25, 0.3) is 0 Å². The van der Waals surface area contributed by atoms with E-state index in [1.165, 1.54) is 5.56 Å². The number of hydrogen-bond donors (Lipinski definition) is 2. The molecule has 1 aromatic carbocycles. The van der Waals surface area contributed by atoms with E-state index in [2.05, 4.69) is 33.9 Å². The van der Waals surface area contributed by atoms with Gasteiger partial charge in [0.25, 0.3) is 0 Å². The van der Waals surface area contributed by atoms with E-state index in [-0.39, 0.29) is 6.04 Å². The van der Waals surface area contributed by atoms with Crippen LogP contribution in [0, 0.1) is 0 Å². The molecular weight excluding hydrogens is 294 g/mol. The van der Waals surface area contributed by atoms with E-state index in [0.717, 1.165) is 29.7 Å². The first-order chi connectivity index (χ1) is 8.56. The topological polar surface area (TPSA) is 64.5 Å². The predicted molar refractivity (Wildman–Crippen MR) is 78.9 cm³/mol. The van der Waals surface area contributed by atoms with E-state index in [4.69, 9.17) is 16.2 Å². The average Bonchev–Trinajstić information content (AvgIpc) is 2.36. The normalized spacial score (nSPS) is 12.8. The van der Waals surface area contributed by atoms with Crippen molar-refractivity contribution in [2.45, 2.75) is 12.5 Å². The average molecular weight is 316 g/mol. The molecule has 0 amide bonds. The third-order valence-electron chi connectivity index (χ3n) is 2.85. The van der Waals surface area contributed by atoms with Crippen LogP contribution in [0.2, 0.25) is 0 Å². The molecule has 0 saturated carbocycles. The summed E-state index contributed by atoms with van der Waals surface area (Å²) in [6, 6.07) is 6.09. The van der Waals surface area contributed by atoms with Crippen molar-refractivity contribution in [3.63, 3.8) is 0 Å². The van der Waals surface area contributed by atoms with Crippen molar-refractivity contribution in [3.8, 4) is 5.75 Å². The second-order valence-corrected chi connectivity index (χ2v) is 5.38. The zero-order valence-electron chi connectivity index (χ0n) is 11.0. The SMILES string of the molecule is COc1ccc(Br)cc1CCN(C)CC(N)CN. The monoisotopic (exact) mass is 315 g/mol. The molecule has 0 heterocycles. The molecule has 0 aliphatic rings. The summed E-state index contributed by atoms with van der Waals surface area (Å²) >= 11 is 3.48. The zero-order chi connectivity index (χ0) is 13.5. The molecule has 0 bridgehead atoms. The number of nitrogens with two attached hydrogens (primary N) is 2. The third-order valence-corrected chi connectivity index (χ3v) is 3.35. The maximum absolute atomic E-state index is 5.82. The zero-order valence-corrected chi connectivity index (χ0v) is 12.6. The van der Waals surface area contributed by atoms with Gasteiger partial charge in [-0.25, -0.2) is 0 Å². The van der Waals surface area contributed by atoms with Gasteiger partial charge in [0, 0.05) is 30.1 Å². The minimum absolute atomic E-state index is 0.0411. The highest BCUT2D eigenvalue weighted by Crippen LogP contribution is 2.23. The molecule has 4 nitrogen and oxygen atoms in total. The van der Waals surface area contributed by atoms with Crippen molar-refractivity contribution in [1.29, 1.82) is 0 Å². The maximum Gasteiger partial charge on any atom is 0.122 e. The van der Waals surface area contributed by atoms with Crippen LogP contribution in [0.5, 0.6) is 5.75 Å². The summed E-state index contributed by atoms with van der Waals surface area (Å²) in [6.07, 6.45) is 0.927. The molecule has 18 heavy (non-hydrogen) atoms. The number of methoxy groups -OCH3 is 1. The van der Waals surface area contributed by atoms with Crippen LogP contribution >= 0.6 is 15.9 Å². The Morgan fingerprint density at radius 3 is 2.78 bits per heavy atom. The molecule has 0 radical (unpaired) electrons. The van der Waals surface area contributed by atoms with Crippen LogP contribution in [-0.4, -0.2) is 44.7 Å². The smallest absolute Gasteiger partial charge is 0.122 e. The fourth-order valence-corrected chi connectivity index (χ4v) is 2.23. The van der Waals surface area contributed by atoms with Gasteiger partial charge in [-0.05, 0) is 37.2 Å². The first-order valence-electron chi connectivity index (χ1n) is 6.03. The number of benzene rings is 1. The van der Waals surface area contributed by atoms with Crippen molar-refractivity contribution in [2.24, 2.45) is 11.5 Å². The molecular formula is C13H22BrN3O. The Kier molecular flexibility index (Phi) is 6.63. The van der Waals surface area contributed by atoms with E-state index >= 15 is 0 Å². The van der Waals surface area contributed by atoms with Crippen LogP contribution in [0.3, 0.4) is 0 Å². The standard InChI is InChI=1S/C13H22BrN3O/c1-17(9-12(16)8-15)6-5-10-7-11(14)3-4-13(10)18-2/h3-4,7,12H,5-6,8-9,15-16H2,1-2H3. The second kappa shape index (κ2) is 7.74. The van der Waals surface area contributed by atoms with Gasteiger partial charge in [0.1, 0.15) is 5.75 Å². The fourth-order valence-electron chi connectivity index (χ4n) is 1.82. The molecule has 4 N–H and O–H groups in total. The molecule has 1 aromatic rings. The Morgan fingerprint density at radius 1 is 1.44 bits per heavy atom. The number of halogens is 1. The highest BCUT2D eigenvalue weighted by Gasteiger charge is 2.08. The number of rotatable bonds is 7. The third kappa shape index (κ3) is 4.94. The van der Waals surface area contributed by atoms with Gasteiger partial charge in [-0.2, -0.15) is 0 Å². The van der Waals surface area contributed by atoms with Crippen LogP contribution in [0.4, 0.5) is 0 Å². The van der Waals surface area contributed by atoms with Crippen LogP contribution < -0.4 is 16.2 Å². The van der Waals surface area contributed by atoms with Gasteiger partial charge >= 0.3 is 0 Å². The highest BCUT2D eigenvalue weighted by atomic mass is 79.9. The number of nitrogens with zero attached hydrogens (tertiary/aromatic N) is 1. The Labute approximate surface area is 117 Å². The molecule has 5 heteroatoms. The van der Waals surface area contributed by atoms with Gasteiger partial charge in [0.05, 0.1) is 7.11 Å². The summed E-state index contributed by atoms with van der Waals surface area (Å²) in [4.78, 5) is 2.19. The van der Waals surface area contributed by atoms with Gasteiger partial charge in [-0.1, -0.05) is 15.9 Å². The van der Waals surface area contributed by atoms with Gasteiger partial charge in [0.15, 0.2) is 0 Å².